The second kappa shape index (κ2) is 9.65. The van der Waals surface area contributed by atoms with Gasteiger partial charge in [-0.3, -0.25) is 4.79 Å². The fourth-order valence-corrected chi connectivity index (χ4v) is 4.13. The molecule has 0 aromatic heterocycles. The first-order chi connectivity index (χ1) is 13.9. The van der Waals surface area contributed by atoms with Crippen LogP contribution >= 0.6 is 0 Å². The Morgan fingerprint density at radius 2 is 1.47 bits per heavy atom. The van der Waals surface area contributed by atoms with Crippen molar-refractivity contribution in [2.75, 3.05) is 26.9 Å². The number of hydrogen-bond acceptors (Lipinski definition) is 5. The minimum atomic E-state index is -3.67. The predicted molar refractivity (Wildman–Crippen MR) is 111 cm³/mol. The van der Waals surface area contributed by atoms with E-state index in [1.807, 2.05) is 0 Å². The standard InChI is InChI=1S/C19H24FN3O5S2/c1-22(2)30(27,28)18-10-6-15(7-11-18)12-21-19(24)14-23(29(3,25)26)13-16-4-8-17(20)9-5-16/h4-11H,12-14H2,1-3H3,(H,21,24). The molecule has 0 heterocycles. The van der Waals surface area contributed by atoms with Gasteiger partial charge < -0.3 is 5.32 Å². The largest absolute Gasteiger partial charge is 0.351 e. The summed E-state index contributed by atoms with van der Waals surface area (Å²) in [6.07, 6.45) is 0.994. The molecule has 2 aromatic rings. The quantitative estimate of drug-likeness (QED) is 0.609. The molecule has 0 unspecified atom stereocenters. The Balaban J connectivity index is 1.99. The number of carbonyl (C=O) groups excluding carboxylic acids is 1. The van der Waals surface area contributed by atoms with Gasteiger partial charge in [0.1, 0.15) is 5.82 Å². The van der Waals surface area contributed by atoms with Gasteiger partial charge in [-0.05, 0) is 35.4 Å². The van der Waals surface area contributed by atoms with Crippen LogP contribution < -0.4 is 5.32 Å². The maximum atomic E-state index is 13.0. The number of sulfonamides is 2. The third kappa shape index (κ3) is 6.59. The SMILES string of the molecule is CN(C)S(=O)(=O)c1ccc(CNC(=O)CN(Cc2ccc(F)cc2)S(C)(=O)=O)cc1. The van der Waals surface area contributed by atoms with Gasteiger partial charge in [0, 0.05) is 27.2 Å². The number of nitrogens with one attached hydrogen (secondary N) is 1. The summed E-state index contributed by atoms with van der Waals surface area (Å²) < 4.78 is 63.3. The van der Waals surface area contributed by atoms with Gasteiger partial charge in [-0.25, -0.2) is 25.5 Å². The molecule has 0 spiro atoms. The van der Waals surface area contributed by atoms with E-state index in [9.17, 15) is 26.0 Å². The lowest BCUT2D eigenvalue weighted by atomic mass is 10.2. The van der Waals surface area contributed by atoms with E-state index in [1.165, 1.54) is 50.5 Å². The zero-order valence-electron chi connectivity index (χ0n) is 16.9. The molecule has 0 aliphatic rings. The highest BCUT2D eigenvalue weighted by atomic mass is 32.2. The van der Waals surface area contributed by atoms with Crippen LogP contribution in [0.3, 0.4) is 0 Å². The Kier molecular flexibility index (Phi) is 7.70. The van der Waals surface area contributed by atoms with Crippen molar-refractivity contribution in [1.82, 2.24) is 13.9 Å². The van der Waals surface area contributed by atoms with E-state index in [4.69, 9.17) is 0 Å². The van der Waals surface area contributed by atoms with Gasteiger partial charge in [-0.1, -0.05) is 24.3 Å². The summed E-state index contributed by atoms with van der Waals surface area (Å²) in [5.74, 6) is -0.959. The van der Waals surface area contributed by atoms with Crippen LogP contribution in [-0.2, 0) is 37.9 Å². The van der Waals surface area contributed by atoms with Gasteiger partial charge in [0.25, 0.3) is 0 Å². The van der Waals surface area contributed by atoms with Crippen LogP contribution in [0.1, 0.15) is 11.1 Å². The van der Waals surface area contributed by atoms with Crippen LogP contribution in [0.4, 0.5) is 4.39 Å². The normalized spacial score (nSPS) is 12.3. The van der Waals surface area contributed by atoms with E-state index in [-0.39, 0.29) is 18.0 Å². The highest BCUT2D eigenvalue weighted by Crippen LogP contribution is 2.14. The molecule has 0 fully saturated rings. The van der Waals surface area contributed by atoms with Crippen molar-refractivity contribution in [3.05, 3.63) is 65.5 Å². The number of hydrogen-bond donors (Lipinski definition) is 1. The zero-order chi connectivity index (χ0) is 22.5. The number of amides is 1. The average Bonchev–Trinajstić information content (AvgIpc) is 2.67. The second-order valence-corrected chi connectivity index (χ2v) is 11.0. The Morgan fingerprint density at radius 3 is 1.97 bits per heavy atom. The van der Waals surface area contributed by atoms with E-state index in [2.05, 4.69) is 5.32 Å². The third-order valence-electron chi connectivity index (χ3n) is 4.25. The molecule has 0 saturated heterocycles. The smallest absolute Gasteiger partial charge is 0.242 e. The molecular formula is C19H24FN3O5S2. The summed E-state index contributed by atoms with van der Waals surface area (Å²) >= 11 is 0. The van der Waals surface area contributed by atoms with E-state index in [0.29, 0.717) is 11.1 Å². The van der Waals surface area contributed by atoms with Crippen molar-refractivity contribution < 1.29 is 26.0 Å². The molecule has 0 atom stereocenters. The lowest BCUT2D eigenvalue weighted by Gasteiger charge is -2.19. The van der Waals surface area contributed by atoms with E-state index < -0.39 is 38.3 Å². The number of halogens is 1. The first kappa shape index (κ1) is 23.9. The van der Waals surface area contributed by atoms with Crippen LogP contribution in [0, 0.1) is 5.82 Å². The summed E-state index contributed by atoms with van der Waals surface area (Å²) in [7, 11) is -4.35. The zero-order valence-corrected chi connectivity index (χ0v) is 18.5. The molecule has 0 aliphatic carbocycles. The van der Waals surface area contributed by atoms with Crippen molar-refractivity contribution in [1.29, 1.82) is 0 Å². The summed E-state index contributed by atoms with van der Waals surface area (Å²) in [4.78, 5) is 12.4. The maximum absolute atomic E-state index is 13.0. The van der Waals surface area contributed by atoms with Crippen LogP contribution in [0.25, 0.3) is 0 Å². The molecule has 0 aliphatic heterocycles. The highest BCUT2D eigenvalue weighted by molar-refractivity contribution is 7.89. The summed E-state index contributed by atoms with van der Waals surface area (Å²) in [6.45, 7) is -0.359. The van der Waals surface area contributed by atoms with Crippen molar-refractivity contribution in [2.24, 2.45) is 0 Å². The van der Waals surface area contributed by atoms with Crippen LogP contribution in [0.15, 0.2) is 53.4 Å². The maximum Gasteiger partial charge on any atom is 0.242 e. The van der Waals surface area contributed by atoms with Crippen LogP contribution in [-0.4, -0.2) is 58.2 Å². The van der Waals surface area contributed by atoms with Crippen molar-refractivity contribution in [3.8, 4) is 0 Å². The van der Waals surface area contributed by atoms with Crippen molar-refractivity contribution in [2.45, 2.75) is 18.0 Å². The summed E-state index contributed by atoms with van der Waals surface area (Å²) in [5, 5.41) is 2.61. The highest BCUT2D eigenvalue weighted by Gasteiger charge is 2.21. The monoisotopic (exact) mass is 457 g/mol. The fraction of sp³-hybridized carbons (Fsp3) is 0.316. The summed E-state index contributed by atoms with van der Waals surface area (Å²) in [5.41, 5.74) is 1.21. The molecule has 2 aromatic carbocycles. The first-order valence-electron chi connectivity index (χ1n) is 8.87. The number of rotatable bonds is 9. The summed E-state index contributed by atoms with van der Waals surface area (Å²) in [6, 6.07) is 11.4. The first-order valence-corrected chi connectivity index (χ1v) is 12.2. The molecule has 2 rings (SSSR count). The number of benzene rings is 2. The molecule has 164 valence electrons. The molecule has 0 bridgehead atoms. The Morgan fingerprint density at radius 1 is 0.933 bits per heavy atom. The van der Waals surface area contributed by atoms with Gasteiger partial charge in [0.15, 0.2) is 0 Å². The Labute approximate surface area is 176 Å². The molecule has 30 heavy (non-hydrogen) atoms. The minimum absolute atomic E-state index is 0.0658. The van der Waals surface area contributed by atoms with Crippen molar-refractivity contribution in [3.63, 3.8) is 0 Å². The third-order valence-corrected chi connectivity index (χ3v) is 7.28. The Hall–Kier alpha value is -2.34. The van der Waals surface area contributed by atoms with E-state index in [1.54, 1.807) is 12.1 Å². The van der Waals surface area contributed by atoms with Crippen LogP contribution in [0.5, 0.6) is 0 Å². The topological polar surface area (TPSA) is 104 Å². The molecule has 0 radical (unpaired) electrons. The van der Waals surface area contributed by atoms with Crippen molar-refractivity contribution >= 4 is 26.0 Å². The van der Waals surface area contributed by atoms with Gasteiger partial charge >= 0.3 is 0 Å². The van der Waals surface area contributed by atoms with E-state index >= 15 is 0 Å². The predicted octanol–water partition coefficient (Wildman–Crippen LogP) is 1.15. The lowest BCUT2D eigenvalue weighted by Crippen LogP contribution is -2.39. The second-order valence-electron chi connectivity index (χ2n) is 6.87. The van der Waals surface area contributed by atoms with Gasteiger partial charge in [0.05, 0.1) is 17.7 Å². The molecule has 1 N–H and O–H groups in total. The van der Waals surface area contributed by atoms with Gasteiger partial charge in [-0.2, -0.15) is 4.31 Å². The van der Waals surface area contributed by atoms with Crippen LogP contribution in [0.2, 0.25) is 0 Å². The number of nitrogens with zero attached hydrogens (tertiary/aromatic N) is 2. The molecule has 0 saturated carbocycles. The molecule has 1 amide bonds. The molecule has 8 nitrogen and oxygen atoms in total. The Bertz CT molecular complexity index is 1080. The molecular weight excluding hydrogens is 433 g/mol. The lowest BCUT2D eigenvalue weighted by molar-refractivity contribution is -0.121. The molecule has 11 heteroatoms. The van der Waals surface area contributed by atoms with E-state index in [0.717, 1.165) is 14.9 Å². The van der Waals surface area contributed by atoms with Gasteiger partial charge in [-0.15, -0.1) is 0 Å². The minimum Gasteiger partial charge on any atom is -0.351 e. The van der Waals surface area contributed by atoms with Gasteiger partial charge in [0.2, 0.25) is 26.0 Å². The average molecular weight is 458 g/mol. The fourth-order valence-electron chi connectivity index (χ4n) is 2.49. The number of carbonyl (C=O) groups is 1.